The molecule has 110 valence electrons. The number of amides is 1. The van der Waals surface area contributed by atoms with Crippen molar-refractivity contribution in [3.05, 3.63) is 64.9 Å². The second kappa shape index (κ2) is 8.39. The summed E-state index contributed by atoms with van der Waals surface area (Å²) >= 11 is 6.06. The van der Waals surface area contributed by atoms with Crippen molar-refractivity contribution in [1.29, 1.82) is 0 Å². The van der Waals surface area contributed by atoms with Crippen LogP contribution in [0.25, 0.3) is 0 Å². The van der Waals surface area contributed by atoms with Gasteiger partial charge in [0.05, 0.1) is 0 Å². The fraction of sp³-hybridized carbons (Fsp3) is 0.250. The van der Waals surface area contributed by atoms with E-state index in [2.05, 4.69) is 15.6 Å². The van der Waals surface area contributed by atoms with Gasteiger partial charge in [-0.05, 0) is 29.3 Å². The van der Waals surface area contributed by atoms with Crippen LogP contribution in [-0.4, -0.2) is 17.4 Å². The average molecular weight is 304 g/mol. The molecule has 0 aliphatic rings. The van der Waals surface area contributed by atoms with Gasteiger partial charge in [0, 0.05) is 43.5 Å². The summed E-state index contributed by atoms with van der Waals surface area (Å²) in [6.45, 7) is 1.82. The van der Waals surface area contributed by atoms with E-state index in [-0.39, 0.29) is 5.91 Å². The molecule has 1 amide bonds. The number of nitrogens with zero attached hydrogens (tertiary/aromatic N) is 1. The summed E-state index contributed by atoms with van der Waals surface area (Å²) in [5.41, 5.74) is 2.08. The predicted octanol–water partition coefficient (Wildman–Crippen LogP) is 2.53. The van der Waals surface area contributed by atoms with Gasteiger partial charge in [0.25, 0.3) is 0 Å². The molecule has 0 aliphatic heterocycles. The molecule has 2 N–H and O–H groups in total. The topological polar surface area (TPSA) is 54.0 Å². The van der Waals surface area contributed by atoms with Crippen molar-refractivity contribution >= 4 is 17.5 Å². The van der Waals surface area contributed by atoms with Crippen LogP contribution in [0.4, 0.5) is 0 Å². The lowest BCUT2D eigenvalue weighted by Gasteiger charge is -2.07. The van der Waals surface area contributed by atoms with Crippen LogP contribution in [0.1, 0.15) is 17.5 Å². The lowest BCUT2D eigenvalue weighted by molar-refractivity contribution is -0.121. The standard InChI is InChI=1S/C16H18ClN3O/c17-15-4-2-1-3-14(15)12-19-10-7-16(21)20-11-13-5-8-18-9-6-13/h1-6,8-9,19H,7,10-12H2,(H,20,21). The Labute approximate surface area is 129 Å². The van der Waals surface area contributed by atoms with Crippen LogP contribution in [0, 0.1) is 0 Å². The number of hydrogen-bond donors (Lipinski definition) is 2. The van der Waals surface area contributed by atoms with Crippen LogP contribution in [-0.2, 0) is 17.9 Å². The molecule has 1 aromatic heterocycles. The van der Waals surface area contributed by atoms with Crippen molar-refractivity contribution in [2.24, 2.45) is 0 Å². The van der Waals surface area contributed by atoms with Crippen molar-refractivity contribution in [3.63, 3.8) is 0 Å². The number of benzene rings is 1. The summed E-state index contributed by atoms with van der Waals surface area (Å²) in [7, 11) is 0. The fourth-order valence-corrected chi connectivity index (χ4v) is 2.06. The van der Waals surface area contributed by atoms with Crippen molar-refractivity contribution in [1.82, 2.24) is 15.6 Å². The van der Waals surface area contributed by atoms with Crippen LogP contribution in [0.5, 0.6) is 0 Å². The first-order chi connectivity index (χ1) is 10.3. The largest absolute Gasteiger partial charge is 0.352 e. The van der Waals surface area contributed by atoms with Gasteiger partial charge >= 0.3 is 0 Å². The third-order valence-corrected chi connectivity index (χ3v) is 3.41. The third kappa shape index (κ3) is 5.53. The number of halogens is 1. The molecule has 0 spiro atoms. The maximum atomic E-state index is 11.7. The Morgan fingerprint density at radius 3 is 2.62 bits per heavy atom. The highest BCUT2D eigenvalue weighted by atomic mass is 35.5. The van der Waals surface area contributed by atoms with E-state index in [9.17, 15) is 4.79 Å². The molecule has 0 saturated heterocycles. The zero-order valence-electron chi connectivity index (χ0n) is 11.7. The number of pyridine rings is 1. The molecule has 1 heterocycles. The summed E-state index contributed by atoms with van der Waals surface area (Å²) in [5, 5.41) is 6.84. The van der Waals surface area contributed by atoms with E-state index in [1.165, 1.54) is 0 Å². The van der Waals surface area contributed by atoms with E-state index in [0.717, 1.165) is 16.1 Å². The van der Waals surface area contributed by atoms with Gasteiger partial charge in [-0.3, -0.25) is 9.78 Å². The van der Waals surface area contributed by atoms with Crippen molar-refractivity contribution < 1.29 is 4.79 Å². The SMILES string of the molecule is O=C(CCNCc1ccccc1Cl)NCc1ccncc1. The van der Waals surface area contributed by atoms with Gasteiger partial charge in [0.2, 0.25) is 5.91 Å². The van der Waals surface area contributed by atoms with E-state index >= 15 is 0 Å². The fourth-order valence-electron chi connectivity index (χ4n) is 1.86. The Kier molecular flexibility index (Phi) is 6.19. The van der Waals surface area contributed by atoms with Gasteiger partial charge in [-0.1, -0.05) is 29.8 Å². The molecule has 4 nitrogen and oxygen atoms in total. The highest BCUT2D eigenvalue weighted by molar-refractivity contribution is 6.31. The summed E-state index contributed by atoms with van der Waals surface area (Å²) in [6.07, 6.45) is 3.87. The van der Waals surface area contributed by atoms with Crippen molar-refractivity contribution in [2.45, 2.75) is 19.5 Å². The van der Waals surface area contributed by atoms with E-state index < -0.39 is 0 Å². The summed E-state index contributed by atoms with van der Waals surface area (Å²) in [6, 6.07) is 11.5. The number of carbonyl (C=O) groups is 1. The Hall–Kier alpha value is -1.91. The number of hydrogen-bond acceptors (Lipinski definition) is 3. The van der Waals surface area contributed by atoms with Crippen LogP contribution in [0.15, 0.2) is 48.8 Å². The predicted molar refractivity (Wildman–Crippen MR) is 83.9 cm³/mol. The summed E-state index contributed by atoms with van der Waals surface area (Å²) < 4.78 is 0. The molecule has 0 radical (unpaired) electrons. The van der Waals surface area contributed by atoms with Crippen LogP contribution < -0.4 is 10.6 Å². The van der Waals surface area contributed by atoms with E-state index in [0.29, 0.717) is 26.1 Å². The molecular formula is C16H18ClN3O. The van der Waals surface area contributed by atoms with Gasteiger partial charge < -0.3 is 10.6 Å². The molecular weight excluding hydrogens is 286 g/mol. The molecule has 5 heteroatoms. The Morgan fingerprint density at radius 1 is 1.10 bits per heavy atom. The first-order valence-corrected chi connectivity index (χ1v) is 7.23. The smallest absolute Gasteiger partial charge is 0.221 e. The van der Waals surface area contributed by atoms with Gasteiger partial charge in [-0.2, -0.15) is 0 Å². The molecule has 2 rings (SSSR count). The lowest BCUT2D eigenvalue weighted by Crippen LogP contribution is -2.27. The van der Waals surface area contributed by atoms with E-state index in [1.54, 1.807) is 12.4 Å². The zero-order chi connectivity index (χ0) is 14.9. The highest BCUT2D eigenvalue weighted by Crippen LogP contribution is 2.14. The minimum atomic E-state index is 0.0264. The van der Waals surface area contributed by atoms with Crippen molar-refractivity contribution in [3.8, 4) is 0 Å². The van der Waals surface area contributed by atoms with E-state index in [4.69, 9.17) is 11.6 Å². The van der Waals surface area contributed by atoms with E-state index in [1.807, 2.05) is 36.4 Å². The molecule has 2 aromatic rings. The highest BCUT2D eigenvalue weighted by Gasteiger charge is 2.02. The van der Waals surface area contributed by atoms with Crippen molar-refractivity contribution in [2.75, 3.05) is 6.54 Å². The molecule has 0 bridgehead atoms. The maximum Gasteiger partial charge on any atom is 0.221 e. The normalized spacial score (nSPS) is 10.3. The van der Waals surface area contributed by atoms with Crippen LogP contribution in [0.2, 0.25) is 5.02 Å². The molecule has 0 unspecified atom stereocenters. The average Bonchev–Trinajstić information content (AvgIpc) is 2.52. The first-order valence-electron chi connectivity index (χ1n) is 6.85. The summed E-state index contributed by atoms with van der Waals surface area (Å²) in [5.74, 6) is 0.0264. The number of aromatic nitrogens is 1. The van der Waals surface area contributed by atoms with Crippen LogP contribution >= 0.6 is 11.6 Å². The molecule has 0 saturated carbocycles. The minimum Gasteiger partial charge on any atom is -0.352 e. The monoisotopic (exact) mass is 303 g/mol. The molecule has 21 heavy (non-hydrogen) atoms. The molecule has 0 fully saturated rings. The molecule has 0 atom stereocenters. The maximum absolute atomic E-state index is 11.7. The second-order valence-electron chi connectivity index (χ2n) is 4.65. The third-order valence-electron chi connectivity index (χ3n) is 3.04. The zero-order valence-corrected chi connectivity index (χ0v) is 12.4. The minimum absolute atomic E-state index is 0.0264. The quantitative estimate of drug-likeness (QED) is 0.773. The van der Waals surface area contributed by atoms with Gasteiger partial charge in [-0.25, -0.2) is 0 Å². The van der Waals surface area contributed by atoms with Gasteiger partial charge in [0.1, 0.15) is 0 Å². The number of nitrogens with one attached hydrogen (secondary N) is 2. The van der Waals surface area contributed by atoms with Gasteiger partial charge in [0.15, 0.2) is 0 Å². The first kappa shape index (κ1) is 15.5. The number of carbonyl (C=O) groups excluding carboxylic acids is 1. The van der Waals surface area contributed by atoms with Crippen LogP contribution in [0.3, 0.4) is 0 Å². The number of rotatable bonds is 7. The Morgan fingerprint density at radius 2 is 1.86 bits per heavy atom. The summed E-state index contributed by atoms with van der Waals surface area (Å²) in [4.78, 5) is 15.6. The Bertz CT molecular complexity index is 575. The molecule has 0 aliphatic carbocycles. The van der Waals surface area contributed by atoms with Gasteiger partial charge in [-0.15, -0.1) is 0 Å². The molecule has 1 aromatic carbocycles. The second-order valence-corrected chi connectivity index (χ2v) is 5.06. The lowest BCUT2D eigenvalue weighted by atomic mass is 10.2. The Balaban J connectivity index is 1.62.